The SMILES string of the molecule is C[Si](C)(C)CCOCn1nc2c(-c3cc4ccccc4s3)cccc2c1C(O)c1ccccn1. The van der Waals surface area contributed by atoms with Crippen molar-refractivity contribution in [2.24, 2.45) is 0 Å². The van der Waals surface area contributed by atoms with Crippen LogP contribution in [0.2, 0.25) is 25.7 Å². The zero-order valence-corrected chi connectivity index (χ0v) is 21.5. The fraction of sp³-hybridized carbons (Fsp3) is 0.259. The van der Waals surface area contributed by atoms with E-state index in [0.29, 0.717) is 24.7 Å². The first-order valence-electron chi connectivity index (χ1n) is 11.6. The normalized spacial score (nSPS) is 13.1. The monoisotopic (exact) mass is 487 g/mol. The fourth-order valence-corrected chi connectivity index (χ4v) is 5.92. The molecule has 1 atom stereocenters. The minimum atomic E-state index is -1.20. The maximum atomic E-state index is 11.4. The largest absolute Gasteiger partial charge is 0.380 e. The van der Waals surface area contributed by atoms with Crippen LogP contribution < -0.4 is 0 Å². The Hall–Kier alpha value is -2.84. The van der Waals surface area contributed by atoms with Crippen molar-refractivity contribution in [2.45, 2.75) is 38.5 Å². The topological polar surface area (TPSA) is 60.2 Å². The molecule has 0 aliphatic heterocycles. The molecule has 1 unspecified atom stereocenters. The Labute approximate surface area is 204 Å². The van der Waals surface area contributed by atoms with Gasteiger partial charge in [0, 0.05) is 41.4 Å². The highest BCUT2D eigenvalue weighted by Gasteiger charge is 2.24. The summed E-state index contributed by atoms with van der Waals surface area (Å²) in [7, 11) is -1.20. The lowest BCUT2D eigenvalue weighted by molar-refractivity contribution is 0.0708. The number of fused-ring (bicyclic) bond motifs is 2. The minimum absolute atomic E-state index is 0.296. The summed E-state index contributed by atoms with van der Waals surface area (Å²) in [6.07, 6.45) is 0.804. The van der Waals surface area contributed by atoms with Crippen molar-refractivity contribution in [1.29, 1.82) is 0 Å². The number of pyridine rings is 1. The van der Waals surface area contributed by atoms with Crippen LogP contribution in [-0.4, -0.2) is 34.6 Å². The summed E-state index contributed by atoms with van der Waals surface area (Å²) in [5, 5.41) is 18.5. The van der Waals surface area contributed by atoms with Crippen LogP contribution in [0.1, 0.15) is 17.5 Å². The molecule has 5 aromatic rings. The number of aromatic nitrogens is 3. The molecule has 5 rings (SSSR count). The zero-order valence-electron chi connectivity index (χ0n) is 19.7. The molecule has 0 spiro atoms. The van der Waals surface area contributed by atoms with E-state index in [1.54, 1.807) is 17.5 Å². The first-order valence-corrected chi connectivity index (χ1v) is 16.1. The molecule has 0 amide bonds. The van der Waals surface area contributed by atoms with E-state index < -0.39 is 14.2 Å². The van der Waals surface area contributed by atoms with Crippen molar-refractivity contribution in [3.8, 4) is 10.4 Å². The second-order valence-electron chi connectivity index (χ2n) is 9.74. The molecule has 0 saturated carbocycles. The van der Waals surface area contributed by atoms with Gasteiger partial charge in [0.05, 0.1) is 11.4 Å². The van der Waals surface area contributed by atoms with Gasteiger partial charge in [-0.05, 0) is 35.7 Å². The average Bonchev–Trinajstić information content (AvgIpc) is 3.42. The summed E-state index contributed by atoms with van der Waals surface area (Å²) >= 11 is 1.76. The Morgan fingerprint density at radius 2 is 1.85 bits per heavy atom. The maximum absolute atomic E-state index is 11.4. The lowest BCUT2D eigenvalue weighted by Gasteiger charge is -2.17. The minimum Gasteiger partial charge on any atom is -0.380 e. The Morgan fingerprint density at radius 1 is 1.03 bits per heavy atom. The van der Waals surface area contributed by atoms with Crippen LogP contribution in [0.4, 0.5) is 0 Å². The maximum Gasteiger partial charge on any atom is 0.139 e. The summed E-state index contributed by atoms with van der Waals surface area (Å²) in [5.74, 6) is 0. The first-order chi connectivity index (χ1) is 16.4. The lowest BCUT2D eigenvalue weighted by Crippen LogP contribution is -2.22. The van der Waals surface area contributed by atoms with Gasteiger partial charge in [0.15, 0.2) is 0 Å². The van der Waals surface area contributed by atoms with Crippen molar-refractivity contribution in [1.82, 2.24) is 14.8 Å². The van der Waals surface area contributed by atoms with Crippen LogP contribution in [0.25, 0.3) is 31.4 Å². The first kappa shape index (κ1) is 22.9. The molecule has 0 saturated heterocycles. The summed E-state index contributed by atoms with van der Waals surface area (Å²) in [6.45, 7) is 8.00. The Balaban J connectivity index is 1.59. The predicted octanol–water partition coefficient (Wildman–Crippen LogP) is 6.71. The molecular weight excluding hydrogens is 458 g/mol. The average molecular weight is 488 g/mol. The number of ether oxygens (including phenoxy) is 1. The smallest absolute Gasteiger partial charge is 0.139 e. The van der Waals surface area contributed by atoms with Crippen LogP contribution in [0.15, 0.2) is 72.9 Å². The molecule has 1 N–H and O–H groups in total. The summed E-state index contributed by atoms with van der Waals surface area (Å²) < 4.78 is 9.11. The van der Waals surface area contributed by atoms with Gasteiger partial charge in [-0.15, -0.1) is 11.3 Å². The number of rotatable bonds is 8. The van der Waals surface area contributed by atoms with Gasteiger partial charge < -0.3 is 9.84 Å². The molecule has 5 nitrogen and oxygen atoms in total. The van der Waals surface area contributed by atoms with E-state index in [4.69, 9.17) is 9.84 Å². The van der Waals surface area contributed by atoms with Gasteiger partial charge in [-0.1, -0.05) is 62.1 Å². The molecule has 0 radical (unpaired) electrons. The second kappa shape index (κ2) is 9.42. The van der Waals surface area contributed by atoms with Crippen LogP contribution in [0.5, 0.6) is 0 Å². The van der Waals surface area contributed by atoms with Gasteiger partial charge in [-0.2, -0.15) is 5.10 Å². The summed E-state index contributed by atoms with van der Waals surface area (Å²) in [6, 6.07) is 23.5. The van der Waals surface area contributed by atoms with E-state index in [1.807, 2.05) is 35.0 Å². The van der Waals surface area contributed by atoms with Crippen molar-refractivity contribution in [3.05, 3.63) is 84.3 Å². The van der Waals surface area contributed by atoms with Gasteiger partial charge in [0.1, 0.15) is 18.4 Å². The van der Waals surface area contributed by atoms with Crippen LogP contribution in [0, 0.1) is 0 Å². The third-order valence-corrected chi connectivity index (χ3v) is 8.79. The van der Waals surface area contributed by atoms with E-state index >= 15 is 0 Å². The molecule has 2 aromatic carbocycles. The van der Waals surface area contributed by atoms with Gasteiger partial charge in [0.2, 0.25) is 0 Å². The second-order valence-corrected chi connectivity index (χ2v) is 16.4. The molecule has 174 valence electrons. The molecule has 0 bridgehead atoms. The van der Waals surface area contributed by atoms with Crippen molar-refractivity contribution < 1.29 is 9.84 Å². The van der Waals surface area contributed by atoms with Gasteiger partial charge >= 0.3 is 0 Å². The van der Waals surface area contributed by atoms with E-state index in [1.165, 1.54) is 10.1 Å². The van der Waals surface area contributed by atoms with E-state index in [-0.39, 0.29) is 0 Å². The van der Waals surface area contributed by atoms with E-state index in [2.05, 4.69) is 61.0 Å². The van der Waals surface area contributed by atoms with Gasteiger partial charge in [-0.3, -0.25) is 4.98 Å². The lowest BCUT2D eigenvalue weighted by atomic mass is 10.0. The Kier molecular flexibility index (Phi) is 6.35. The highest BCUT2D eigenvalue weighted by atomic mass is 32.1. The summed E-state index contributed by atoms with van der Waals surface area (Å²) in [4.78, 5) is 5.56. The van der Waals surface area contributed by atoms with E-state index in [9.17, 15) is 5.11 Å². The number of aliphatic hydroxyl groups is 1. The van der Waals surface area contributed by atoms with E-state index in [0.717, 1.165) is 27.4 Å². The molecular formula is C27H29N3O2SSi. The molecule has 3 heterocycles. The van der Waals surface area contributed by atoms with Crippen LogP contribution in [-0.2, 0) is 11.5 Å². The quantitative estimate of drug-likeness (QED) is 0.195. The highest BCUT2D eigenvalue weighted by Crippen LogP contribution is 2.39. The standard InChI is InChI=1S/C27H29N3O2SSi/c1-34(2,3)16-15-32-18-30-26(27(31)22-12-6-7-14-28-22)21-11-8-10-20(25(21)29-30)24-17-19-9-4-5-13-23(19)33-24/h4-14,17,27,31H,15-16,18H2,1-3H3. The Morgan fingerprint density at radius 3 is 2.62 bits per heavy atom. The summed E-state index contributed by atoms with van der Waals surface area (Å²) in [5.41, 5.74) is 3.24. The number of aliphatic hydroxyl groups excluding tert-OH is 1. The zero-order chi connectivity index (χ0) is 23.7. The molecule has 0 fully saturated rings. The van der Waals surface area contributed by atoms with Gasteiger partial charge in [-0.25, -0.2) is 4.68 Å². The third kappa shape index (κ3) is 4.70. The number of nitrogens with zero attached hydrogens (tertiary/aromatic N) is 3. The number of hydrogen-bond acceptors (Lipinski definition) is 5. The predicted molar refractivity (Wildman–Crippen MR) is 143 cm³/mol. The molecule has 3 aromatic heterocycles. The number of thiophene rings is 1. The molecule has 0 aliphatic rings. The molecule has 34 heavy (non-hydrogen) atoms. The Bertz CT molecular complexity index is 1390. The molecule has 0 aliphatic carbocycles. The van der Waals surface area contributed by atoms with Crippen LogP contribution >= 0.6 is 11.3 Å². The van der Waals surface area contributed by atoms with Crippen molar-refractivity contribution in [3.63, 3.8) is 0 Å². The highest BCUT2D eigenvalue weighted by molar-refractivity contribution is 7.22. The van der Waals surface area contributed by atoms with Gasteiger partial charge in [0.25, 0.3) is 0 Å². The van der Waals surface area contributed by atoms with Crippen LogP contribution in [0.3, 0.4) is 0 Å². The van der Waals surface area contributed by atoms with Crippen molar-refractivity contribution >= 4 is 40.4 Å². The number of benzene rings is 2. The molecule has 7 heteroatoms. The van der Waals surface area contributed by atoms with Crippen molar-refractivity contribution in [2.75, 3.05) is 6.61 Å². The number of hydrogen-bond donors (Lipinski definition) is 1. The fourth-order valence-electron chi connectivity index (χ4n) is 4.08. The third-order valence-electron chi connectivity index (χ3n) is 5.94.